The van der Waals surface area contributed by atoms with Gasteiger partial charge in [-0.05, 0) is 48.4 Å². The zero-order valence-corrected chi connectivity index (χ0v) is 9.83. The van der Waals surface area contributed by atoms with Crippen molar-refractivity contribution in [2.45, 2.75) is 31.7 Å². The molecule has 0 aliphatic heterocycles. The van der Waals surface area contributed by atoms with Gasteiger partial charge in [0.25, 0.3) is 0 Å². The minimum Gasteiger partial charge on any atom is -0.496 e. The summed E-state index contributed by atoms with van der Waals surface area (Å²) in [7, 11) is 1.73. The van der Waals surface area contributed by atoms with Crippen molar-refractivity contribution in [1.82, 2.24) is 0 Å². The minimum absolute atomic E-state index is 0.0437. The van der Waals surface area contributed by atoms with Gasteiger partial charge in [0.1, 0.15) is 5.75 Å². The van der Waals surface area contributed by atoms with Crippen LogP contribution in [0.4, 0.5) is 0 Å². The van der Waals surface area contributed by atoms with E-state index in [1.165, 1.54) is 29.5 Å². The van der Waals surface area contributed by atoms with Crippen LogP contribution in [0.3, 0.4) is 0 Å². The highest BCUT2D eigenvalue weighted by Gasteiger charge is 2.19. The molecule has 16 heavy (non-hydrogen) atoms. The molecule has 1 unspecified atom stereocenters. The van der Waals surface area contributed by atoms with Gasteiger partial charge in [-0.15, -0.1) is 0 Å². The number of nitrogens with two attached hydrogens (primary N) is 2. The SMILES string of the molecule is COc1ccc(C(N)CN)c2c1CCCC2. The molecule has 1 aromatic carbocycles. The molecule has 0 amide bonds. The highest BCUT2D eigenvalue weighted by atomic mass is 16.5. The number of hydrogen-bond donors (Lipinski definition) is 2. The second kappa shape index (κ2) is 4.85. The Hall–Kier alpha value is -1.06. The third kappa shape index (κ3) is 1.93. The number of fused-ring (bicyclic) bond motifs is 1. The van der Waals surface area contributed by atoms with Gasteiger partial charge >= 0.3 is 0 Å². The Morgan fingerprint density at radius 3 is 2.56 bits per heavy atom. The minimum atomic E-state index is -0.0437. The van der Waals surface area contributed by atoms with Crippen molar-refractivity contribution in [3.05, 3.63) is 28.8 Å². The lowest BCUT2D eigenvalue weighted by Crippen LogP contribution is -2.23. The van der Waals surface area contributed by atoms with E-state index in [4.69, 9.17) is 16.2 Å². The summed E-state index contributed by atoms with van der Waals surface area (Å²) >= 11 is 0. The van der Waals surface area contributed by atoms with Crippen LogP contribution < -0.4 is 16.2 Å². The van der Waals surface area contributed by atoms with Crippen LogP contribution in [-0.4, -0.2) is 13.7 Å². The zero-order chi connectivity index (χ0) is 11.5. The fraction of sp³-hybridized carbons (Fsp3) is 0.538. The molecular formula is C13H20N2O. The molecule has 0 aromatic heterocycles. The van der Waals surface area contributed by atoms with E-state index in [0.717, 1.165) is 18.6 Å². The molecule has 0 bridgehead atoms. The van der Waals surface area contributed by atoms with Gasteiger partial charge in [0.15, 0.2) is 0 Å². The third-order valence-electron chi connectivity index (χ3n) is 3.40. The van der Waals surface area contributed by atoms with Crippen molar-refractivity contribution in [3.63, 3.8) is 0 Å². The number of ether oxygens (including phenoxy) is 1. The predicted octanol–water partition coefficient (Wildman–Crippen LogP) is 1.53. The van der Waals surface area contributed by atoms with E-state index < -0.39 is 0 Å². The molecule has 0 radical (unpaired) electrons. The Kier molecular flexibility index (Phi) is 3.46. The van der Waals surface area contributed by atoms with Gasteiger partial charge in [-0.1, -0.05) is 6.07 Å². The van der Waals surface area contributed by atoms with E-state index in [0.29, 0.717) is 6.54 Å². The molecule has 3 heteroatoms. The molecule has 4 N–H and O–H groups in total. The average Bonchev–Trinajstić information content (AvgIpc) is 2.36. The van der Waals surface area contributed by atoms with Crippen LogP contribution in [0.25, 0.3) is 0 Å². The van der Waals surface area contributed by atoms with E-state index in [2.05, 4.69) is 6.07 Å². The Morgan fingerprint density at radius 2 is 1.94 bits per heavy atom. The summed E-state index contributed by atoms with van der Waals surface area (Å²) in [5.74, 6) is 1.00. The highest BCUT2D eigenvalue weighted by molar-refractivity contribution is 5.47. The number of rotatable bonds is 3. The molecule has 0 saturated heterocycles. The van der Waals surface area contributed by atoms with Crippen LogP contribution in [0.1, 0.15) is 35.6 Å². The normalized spacial score (nSPS) is 16.7. The fourth-order valence-corrected chi connectivity index (χ4v) is 2.53. The maximum atomic E-state index is 6.04. The Balaban J connectivity index is 2.48. The molecule has 0 saturated carbocycles. The van der Waals surface area contributed by atoms with Crippen LogP contribution in [0.5, 0.6) is 5.75 Å². The Bertz CT molecular complexity index is 376. The van der Waals surface area contributed by atoms with E-state index >= 15 is 0 Å². The van der Waals surface area contributed by atoms with Crippen molar-refractivity contribution < 1.29 is 4.74 Å². The summed E-state index contributed by atoms with van der Waals surface area (Å²) in [6, 6.07) is 4.05. The van der Waals surface area contributed by atoms with E-state index in [9.17, 15) is 0 Å². The Morgan fingerprint density at radius 1 is 1.25 bits per heavy atom. The first-order chi connectivity index (χ1) is 7.77. The molecule has 0 spiro atoms. The molecule has 1 aliphatic carbocycles. The second-order valence-electron chi connectivity index (χ2n) is 4.36. The summed E-state index contributed by atoms with van der Waals surface area (Å²) in [5.41, 5.74) is 15.6. The molecule has 3 nitrogen and oxygen atoms in total. The maximum Gasteiger partial charge on any atom is 0.122 e. The topological polar surface area (TPSA) is 61.3 Å². The van der Waals surface area contributed by atoms with Crippen LogP contribution in [0, 0.1) is 0 Å². The second-order valence-corrected chi connectivity index (χ2v) is 4.36. The monoisotopic (exact) mass is 220 g/mol. The highest BCUT2D eigenvalue weighted by Crippen LogP contribution is 2.33. The quantitative estimate of drug-likeness (QED) is 0.812. The summed E-state index contributed by atoms with van der Waals surface area (Å²) in [6.45, 7) is 0.499. The largest absolute Gasteiger partial charge is 0.496 e. The third-order valence-corrected chi connectivity index (χ3v) is 3.40. The predicted molar refractivity (Wildman–Crippen MR) is 65.6 cm³/mol. The van der Waals surface area contributed by atoms with Gasteiger partial charge in [-0.25, -0.2) is 0 Å². The van der Waals surface area contributed by atoms with Crippen molar-refractivity contribution in [1.29, 1.82) is 0 Å². The lowest BCUT2D eigenvalue weighted by molar-refractivity contribution is 0.405. The molecule has 1 aliphatic rings. The summed E-state index contributed by atoms with van der Waals surface area (Å²) in [5, 5.41) is 0. The van der Waals surface area contributed by atoms with Crippen LogP contribution in [0.15, 0.2) is 12.1 Å². The molecule has 1 aromatic rings. The molecule has 1 atom stereocenters. The van der Waals surface area contributed by atoms with Crippen molar-refractivity contribution in [2.75, 3.05) is 13.7 Å². The molecular weight excluding hydrogens is 200 g/mol. The number of benzene rings is 1. The molecule has 0 heterocycles. The molecule has 2 rings (SSSR count). The maximum absolute atomic E-state index is 6.04. The summed E-state index contributed by atoms with van der Waals surface area (Å²) in [4.78, 5) is 0. The molecule has 0 fully saturated rings. The van der Waals surface area contributed by atoms with Gasteiger partial charge in [0.2, 0.25) is 0 Å². The van der Waals surface area contributed by atoms with E-state index in [1.807, 2.05) is 6.07 Å². The zero-order valence-electron chi connectivity index (χ0n) is 9.83. The summed E-state index contributed by atoms with van der Waals surface area (Å²) < 4.78 is 5.41. The first-order valence-corrected chi connectivity index (χ1v) is 5.92. The lowest BCUT2D eigenvalue weighted by Gasteiger charge is -2.24. The fourth-order valence-electron chi connectivity index (χ4n) is 2.53. The standard InChI is InChI=1S/C13H20N2O/c1-16-13-7-6-10(12(15)8-14)9-4-2-3-5-11(9)13/h6-7,12H,2-5,8,14-15H2,1H3. The van der Waals surface area contributed by atoms with Crippen molar-refractivity contribution in [2.24, 2.45) is 11.5 Å². The molecule has 88 valence electrons. The van der Waals surface area contributed by atoms with E-state index in [-0.39, 0.29) is 6.04 Å². The van der Waals surface area contributed by atoms with Crippen LogP contribution in [0.2, 0.25) is 0 Å². The van der Waals surface area contributed by atoms with Crippen molar-refractivity contribution in [3.8, 4) is 5.75 Å². The van der Waals surface area contributed by atoms with Crippen LogP contribution in [-0.2, 0) is 12.8 Å². The van der Waals surface area contributed by atoms with Crippen LogP contribution >= 0.6 is 0 Å². The van der Waals surface area contributed by atoms with E-state index in [1.54, 1.807) is 7.11 Å². The number of hydrogen-bond acceptors (Lipinski definition) is 3. The van der Waals surface area contributed by atoms with Gasteiger partial charge in [-0.2, -0.15) is 0 Å². The Labute approximate surface area is 96.8 Å². The van der Waals surface area contributed by atoms with Gasteiger partial charge in [-0.3, -0.25) is 0 Å². The van der Waals surface area contributed by atoms with Crippen molar-refractivity contribution >= 4 is 0 Å². The average molecular weight is 220 g/mol. The summed E-state index contributed by atoms with van der Waals surface area (Å²) in [6.07, 6.45) is 4.69. The lowest BCUT2D eigenvalue weighted by atomic mass is 9.85. The van der Waals surface area contributed by atoms with Gasteiger partial charge in [0, 0.05) is 12.6 Å². The van der Waals surface area contributed by atoms with Gasteiger partial charge < -0.3 is 16.2 Å². The van der Waals surface area contributed by atoms with Gasteiger partial charge in [0.05, 0.1) is 7.11 Å². The number of methoxy groups -OCH3 is 1. The smallest absolute Gasteiger partial charge is 0.122 e. The first kappa shape index (κ1) is 11.4. The first-order valence-electron chi connectivity index (χ1n) is 5.92.